The van der Waals surface area contributed by atoms with E-state index < -0.39 is 6.04 Å². The van der Waals surface area contributed by atoms with Crippen LogP contribution in [0.15, 0.2) is 36.4 Å². The third kappa shape index (κ3) is 8.35. The Kier molecular flexibility index (Phi) is 11.5. The van der Waals surface area contributed by atoms with E-state index in [4.69, 9.17) is 46.4 Å². The van der Waals surface area contributed by atoms with E-state index in [1.54, 1.807) is 42.2 Å². The van der Waals surface area contributed by atoms with Gasteiger partial charge in [0.2, 0.25) is 11.8 Å². The Labute approximate surface area is 213 Å². The Morgan fingerprint density at radius 3 is 2.16 bits per heavy atom. The fourth-order valence-corrected chi connectivity index (χ4v) is 4.86. The molecule has 0 saturated heterocycles. The normalized spacial score (nSPS) is 11.8. The fourth-order valence-electron chi connectivity index (χ4n) is 2.92. The van der Waals surface area contributed by atoms with Crippen LogP contribution < -0.4 is 5.32 Å². The van der Waals surface area contributed by atoms with Crippen LogP contribution in [0.4, 0.5) is 0 Å². The van der Waals surface area contributed by atoms with Gasteiger partial charge >= 0.3 is 0 Å². The molecule has 0 radical (unpaired) electrons. The number of halogens is 4. The van der Waals surface area contributed by atoms with Gasteiger partial charge in [0.1, 0.15) is 6.04 Å². The van der Waals surface area contributed by atoms with Gasteiger partial charge in [-0.3, -0.25) is 9.59 Å². The van der Waals surface area contributed by atoms with Crippen molar-refractivity contribution in [1.29, 1.82) is 0 Å². The number of thioether (sulfide) groups is 1. The Hall–Kier alpha value is -1.11. The summed E-state index contributed by atoms with van der Waals surface area (Å²) in [7, 11) is 0. The molecule has 0 saturated carbocycles. The number of unbranched alkanes of at least 4 members (excludes halogenated alkanes) is 1. The summed E-state index contributed by atoms with van der Waals surface area (Å²) in [4.78, 5) is 27.4. The number of rotatable bonds is 11. The average molecular weight is 536 g/mol. The van der Waals surface area contributed by atoms with Gasteiger partial charge < -0.3 is 10.2 Å². The van der Waals surface area contributed by atoms with Crippen molar-refractivity contribution in [2.75, 3.05) is 12.3 Å². The minimum absolute atomic E-state index is 0.163. The Bertz CT molecular complexity index is 942. The second-order valence-electron chi connectivity index (χ2n) is 7.31. The summed E-state index contributed by atoms with van der Waals surface area (Å²) in [5, 5.41) is 4.99. The third-order valence-electron chi connectivity index (χ3n) is 4.85. The molecule has 174 valence electrons. The van der Waals surface area contributed by atoms with Crippen LogP contribution in [0.1, 0.15) is 37.8 Å². The molecule has 2 amide bonds. The molecule has 2 aromatic rings. The summed E-state index contributed by atoms with van der Waals surface area (Å²) in [5.41, 5.74) is 1.62. The molecule has 0 aliphatic rings. The van der Waals surface area contributed by atoms with Gasteiger partial charge in [-0.15, -0.1) is 11.8 Å². The predicted octanol–water partition coefficient (Wildman–Crippen LogP) is 6.87. The van der Waals surface area contributed by atoms with Gasteiger partial charge in [0.25, 0.3) is 0 Å². The number of nitrogens with zero attached hydrogens (tertiary/aromatic N) is 1. The summed E-state index contributed by atoms with van der Waals surface area (Å²) in [6, 6.07) is 9.76. The molecule has 1 N–H and O–H groups in total. The molecule has 2 rings (SSSR count). The van der Waals surface area contributed by atoms with Gasteiger partial charge in [-0.2, -0.15) is 0 Å². The topological polar surface area (TPSA) is 49.4 Å². The standard InChI is InChI=1S/C23H26Cl4N2O2S/c1-3-4-9-28-23(31)15(2)29(12-16-5-7-18(24)10-20(16)26)22(30)14-32-13-17-6-8-19(25)11-21(17)27/h5-8,10-11,15H,3-4,9,12-14H2,1-2H3,(H,28,31)/t15-/m1/s1. The van der Waals surface area contributed by atoms with E-state index in [1.165, 1.54) is 11.8 Å². The monoisotopic (exact) mass is 534 g/mol. The molecule has 0 aliphatic carbocycles. The first-order valence-corrected chi connectivity index (χ1v) is 12.9. The van der Waals surface area contributed by atoms with Gasteiger partial charge in [-0.05, 0) is 48.7 Å². The third-order valence-corrected chi connectivity index (χ3v) is 6.99. The maximum absolute atomic E-state index is 13.1. The van der Waals surface area contributed by atoms with Crippen molar-refractivity contribution in [1.82, 2.24) is 10.2 Å². The first kappa shape index (κ1) is 27.1. The second-order valence-corrected chi connectivity index (χ2v) is 9.98. The van der Waals surface area contributed by atoms with Crippen LogP contribution in [0, 0.1) is 0 Å². The average Bonchev–Trinajstić information content (AvgIpc) is 2.74. The fraction of sp³-hybridized carbons (Fsp3) is 0.391. The molecule has 0 spiro atoms. The number of hydrogen-bond acceptors (Lipinski definition) is 3. The van der Waals surface area contributed by atoms with Crippen molar-refractivity contribution >= 4 is 70.0 Å². The highest BCUT2D eigenvalue weighted by molar-refractivity contribution is 7.99. The summed E-state index contributed by atoms with van der Waals surface area (Å²) in [5.74, 6) is 0.386. The van der Waals surface area contributed by atoms with Crippen molar-refractivity contribution in [3.63, 3.8) is 0 Å². The summed E-state index contributed by atoms with van der Waals surface area (Å²) >= 11 is 25.9. The highest BCUT2D eigenvalue weighted by Crippen LogP contribution is 2.26. The van der Waals surface area contributed by atoms with E-state index >= 15 is 0 Å². The second kappa shape index (κ2) is 13.6. The van der Waals surface area contributed by atoms with Gasteiger partial charge in [0, 0.05) is 38.9 Å². The van der Waals surface area contributed by atoms with Gasteiger partial charge in [-0.25, -0.2) is 0 Å². The molecule has 0 heterocycles. The number of benzene rings is 2. The van der Waals surface area contributed by atoms with Crippen LogP contribution in [-0.2, 0) is 21.9 Å². The summed E-state index contributed by atoms with van der Waals surface area (Å²) in [6.45, 7) is 4.56. The van der Waals surface area contributed by atoms with Crippen molar-refractivity contribution < 1.29 is 9.59 Å². The molecule has 2 aromatic carbocycles. The van der Waals surface area contributed by atoms with Crippen molar-refractivity contribution in [2.45, 2.75) is 45.0 Å². The smallest absolute Gasteiger partial charge is 0.242 e. The maximum Gasteiger partial charge on any atom is 0.242 e. The predicted molar refractivity (Wildman–Crippen MR) is 137 cm³/mol. The molecule has 1 atom stereocenters. The lowest BCUT2D eigenvalue weighted by molar-refractivity contribution is -0.138. The molecular weight excluding hydrogens is 510 g/mol. The first-order chi connectivity index (χ1) is 15.2. The lowest BCUT2D eigenvalue weighted by atomic mass is 10.1. The summed E-state index contributed by atoms with van der Waals surface area (Å²) in [6.07, 6.45) is 1.86. The lowest BCUT2D eigenvalue weighted by Gasteiger charge is -2.29. The van der Waals surface area contributed by atoms with Crippen LogP contribution in [0.2, 0.25) is 20.1 Å². The SMILES string of the molecule is CCCCNC(=O)[C@@H](C)N(Cc1ccc(Cl)cc1Cl)C(=O)CSCc1ccc(Cl)cc1Cl. The van der Waals surface area contributed by atoms with Crippen molar-refractivity contribution in [2.24, 2.45) is 0 Å². The van der Waals surface area contributed by atoms with Crippen LogP contribution in [0.5, 0.6) is 0 Å². The van der Waals surface area contributed by atoms with Crippen LogP contribution in [-0.4, -0.2) is 35.1 Å². The molecule has 0 aromatic heterocycles. The molecule has 0 aliphatic heterocycles. The summed E-state index contributed by atoms with van der Waals surface area (Å²) < 4.78 is 0. The highest BCUT2D eigenvalue weighted by Gasteiger charge is 2.26. The van der Waals surface area contributed by atoms with Crippen molar-refractivity contribution in [3.05, 3.63) is 67.6 Å². The van der Waals surface area contributed by atoms with E-state index in [0.29, 0.717) is 32.4 Å². The molecular formula is C23H26Cl4N2O2S. The largest absolute Gasteiger partial charge is 0.354 e. The van der Waals surface area contributed by atoms with Crippen LogP contribution in [0.3, 0.4) is 0 Å². The first-order valence-electron chi connectivity index (χ1n) is 10.3. The van der Waals surface area contributed by atoms with E-state index in [-0.39, 0.29) is 24.1 Å². The number of carbonyl (C=O) groups excluding carboxylic acids is 2. The van der Waals surface area contributed by atoms with Crippen LogP contribution >= 0.6 is 58.2 Å². The Balaban J connectivity index is 2.10. The van der Waals surface area contributed by atoms with Gasteiger partial charge in [0.05, 0.1) is 5.75 Å². The van der Waals surface area contributed by atoms with Crippen LogP contribution in [0.25, 0.3) is 0 Å². The van der Waals surface area contributed by atoms with E-state index in [9.17, 15) is 9.59 Å². The molecule has 0 bridgehead atoms. The number of carbonyl (C=O) groups is 2. The zero-order valence-electron chi connectivity index (χ0n) is 18.0. The lowest BCUT2D eigenvalue weighted by Crippen LogP contribution is -2.48. The minimum Gasteiger partial charge on any atom is -0.354 e. The quantitative estimate of drug-likeness (QED) is 0.319. The maximum atomic E-state index is 13.1. The molecule has 32 heavy (non-hydrogen) atoms. The number of nitrogens with one attached hydrogen (secondary N) is 1. The molecule has 0 fully saturated rings. The molecule has 0 unspecified atom stereocenters. The van der Waals surface area contributed by atoms with E-state index in [0.717, 1.165) is 24.0 Å². The Morgan fingerprint density at radius 1 is 1.00 bits per heavy atom. The number of amides is 2. The zero-order chi connectivity index (χ0) is 23.7. The molecule has 4 nitrogen and oxygen atoms in total. The van der Waals surface area contributed by atoms with E-state index in [1.807, 2.05) is 6.07 Å². The Morgan fingerprint density at radius 2 is 1.59 bits per heavy atom. The van der Waals surface area contributed by atoms with Crippen molar-refractivity contribution in [3.8, 4) is 0 Å². The van der Waals surface area contributed by atoms with Gasteiger partial charge in [0.15, 0.2) is 0 Å². The zero-order valence-corrected chi connectivity index (χ0v) is 21.8. The van der Waals surface area contributed by atoms with Gasteiger partial charge in [-0.1, -0.05) is 71.9 Å². The minimum atomic E-state index is -0.647. The molecule has 9 heteroatoms. The number of hydrogen-bond donors (Lipinski definition) is 1. The van der Waals surface area contributed by atoms with E-state index in [2.05, 4.69) is 12.2 Å². The highest BCUT2D eigenvalue weighted by atomic mass is 35.5.